The number of halogens is 1. The van der Waals surface area contributed by atoms with Gasteiger partial charge in [0.15, 0.2) is 11.6 Å². The van der Waals surface area contributed by atoms with Gasteiger partial charge >= 0.3 is 0 Å². The Labute approximate surface area is 126 Å². The van der Waals surface area contributed by atoms with Crippen LogP contribution in [0.25, 0.3) is 5.69 Å². The number of rotatable bonds is 2. The van der Waals surface area contributed by atoms with Crippen LogP contribution < -0.4 is 4.90 Å². The fourth-order valence-electron chi connectivity index (χ4n) is 3.18. The highest BCUT2D eigenvalue weighted by Crippen LogP contribution is 2.40. The van der Waals surface area contributed by atoms with E-state index in [1.807, 2.05) is 4.57 Å². The number of ether oxygens (including phenoxy) is 1. The molecule has 0 amide bonds. The van der Waals surface area contributed by atoms with Crippen LogP contribution in [-0.4, -0.2) is 44.0 Å². The second kappa shape index (κ2) is 4.92. The summed E-state index contributed by atoms with van der Waals surface area (Å²) in [5, 5.41) is 8.60. The molecule has 0 N–H and O–H groups in total. The molecule has 0 aliphatic carbocycles. The molecule has 8 heteroatoms. The lowest BCUT2D eigenvalue weighted by atomic mass is 10.1. The van der Waals surface area contributed by atoms with Crippen LogP contribution in [0.5, 0.6) is 0 Å². The maximum atomic E-state index is 6.02. The zero-order chi connectivity index (χ0) is 14.4. The van der Waals surface area contributed by atoms with Gasteiger partial charge in [-0.1, -0.05) is 6.92 Å². The van der Waals surface area contributed by atoms with Crippen molar-refractivity contribution in [2.24, 2.45) is 0 Å². The minimum atomic E-state index is 0.123. The van der Waals surface area contributed by atoms with E-state index in [1.54, 1.807) is 12.5 Å². The molecule has 0 aromatic carbocycles. The lowest BCUT2D eigenvalue weighted by Crippen LogP contribution is -2.43. The van der Waals surface area contributed by atoms with Gasteiger partial charge in [-0.25, -0.2) is 4.98 Å². The van der Waals surface area contributed by atoms with Gasteiger partial charge in [0.2, 0.25) is 5.28 Å². The normalized spacial score (nSPS) is 24.0. The largest absolute Gasteiger partial charge is 0.379 e. The molecule has 2 aliphatic heterocycles. The van der Waals surface area contributed by atoms with Crippen molar-refractivity contribution < 1.29 is 4.74 Å². The van der Waals surface area contributed by atoms with Gasteiger partial charge in [0.25, 0.3) is 0 Å². The Morgan fingerprint density at radius 1 is 1.48 bits per heavy atom. The first-order chi connectivity index (χ1) is 10.3. The topological polar surface area (TPSA) is 69.0 Å². The Bertz CT molecular complexity index is 668. The molecule has 2 atom stereocenters. The first kappa shape index (κ1) is 13.0. The quantitative estimate of drug-likeness (QED) is 0.788. The first-order valence-corrected chi connectivity index (χ1v) is 7.46. The van der Waals surface area contributed by atoms with E-state index in [0.717, 1.165) is 36.8 Å². The SMILES string of the molecule is CCC1c2nncn2-c2cnc(Cl)nc2N1C1CCOC1. The molecule has 0 saturated carbocycles. The smallest absolute Gasteiger partial charge is 0.224 e. The Balaban J connectivity index is 1.91. The lowest BCUT2D eigenvalue weighted by molar-refractivity contribution is 0.191. The minimum absolute atomic E-state index is 0.123. The van der Waals surface area contributed by atoms with Crippen molar-refractivity contribution in [3.63, 3.8) is 0 Å². The second-order valence-corrected chi connectivity index (χ2v) is 5.59. The Hall–Kier alpha value is -1.73. The van der Waals surface area contributed by atoms with E-state index in [4.69, 9.17) is 16.3 Å². The predicted molar refractivity (Wildman–Crippen MR) is 76.7 cm³/mol. The van der Waals surface area contributed by atoms with Gasteiger partial charge in [-0.05, 0) is 24.4 Å². The van der Waals surface area contributed by atoms with E-state index in [-0.39, 0.29) is 17.4 Å². The fraction of sp³-hybridized carbons (Fsp3) is 0.538. The second-order valence-electron chi connectivity index (χ2n) is 5.26. The molecule has 110 valence electrons. The number of fused-ring (bicyclic) bond motifs is 3. The number of hydrogen-bond acceptors (Lipinski definition) is 6. The van der Waals surface area contributed by atoms with Crippen molar-refractivity contribution in [2.45, 2.75) is 31.8 Å². The molecule has 0 radical (unpaired) electrons. The van der Waals surface area contributed by atoms with Crippen molar-refractivity contribution in [1.82, 2.24) is 24.7 Å². The molecule has 0 spiro atoms. The van der Waals surface area contributed by atoms with E-state index in [9.17, 15) is 0 Å². The maximum Gasteiger partial charge on any atom is 0.224 e. The van der Waals surface area contributed by atoms with Crippen molar-refractivity contribution >= 4 is 17.4 Å². The number of hydrogen-bond donors (Lipinski definition) is 0. The average molecular weight is 307 g/mol. The van der Waals surface area contributed by atoms with Gasteiger partial charge in [-0.3, -0.25) is 4.57 Å². The minimum Gasteiger partial charge on any atom is -0.379 e. The third-order valence-corrected chi connectivity index (χ3v) is 4.30. The summed E-state index contributed by atoms with van der Waals surface area (Å²) in [4.78, 5) is 10.8. The van der Waals surface area contributed by atoms with Crippen LogP contribution in [0, 0.1) is 0 Å². The van der Waals surface area contributed by atoms with Crippen LogP contribution in [-0.2, 0) is 4.74 Å². The molecule has 4 heterocycles. The van der Waals surface area contributed by atoms with Crippen LogP contribution in [0.3, 0.4) is 0 Å². The van der Waals surface area contributed by atoms with Gasteiger partial charge in [0.05, 0.1) is 24.9 Å². The maximum absolute atomic E-state index is 6.02. The average Bonchev–Trinajstić information content (AvgIpc) is 3.16. The zero-order valence-corrected chi connectivity index (χ0v) is 12.4. The van der Waals surface area contributed by atoms with E-state index < -0.39 is 0 Å². The lowest BCUT2D eigenvalue weighted by Gasteiger charge is -2.40. The highest BCUT2D eigenvalue weighted by molar-refractivity contribution is 6.28. The third-order valence-electron chi connectivity index (χ3n) is 4.12. The van der Waals surface area contributed by atoms with Gasteiger partial charge in [0, 0.05) is 6.61 Å². The van der Waals surface area contributed by atoms with Crippen LogP contribution >= 0.6 is 11.6 Å². The van der Waals surface area contributed by atoms with Gasteiger partial charge in [-0.15, -0.1) is 10.2 Å². The molecule has 4 rings (SSSR count). The molecule has 2 aliphatic rings. The highest BCUT2D eigenvalue weighted by atomic mass is 35.5. The van der Waals surface area contributed by atoms with Crippen molar-refractivity contribution in [1.29, 1.82) is 0 Å². The van der Waals surface area contributed by atoms with Crippen LogP contribution in [0.1, 0.15) is 31.6 Å². The Morgan fingerprint density at radius 3 is 3.14 bits per heavy atom. The van der Waals surface area contributed by atoms with E-state index in [0.29, 0.717) is 6.61 Å². The molecule has 1 saturated heterocycles. The third kappa shape index (κ3) is 1.91. The molecule has 7 nitrogen and oxygen atoms in total. The molecule has 0 bridgehead atoms. The summed E-state index contributed by atoms with van der Waals surface area (Å²) in [6.07, 6.45) is 5.32. The summed E-state index contributed by atoms with van der Waals surface area (Å²) >= 11 is 6.02. The number of nitrogens with zero attached hydrogens (tertiary/aromatic N) is 6. The summed E-state index contributed by atoms with van der Waals surface area (Å²) in [6, 6.07) is 0.405. The highest BCUT2D eigenvalue weighted by Gasteiger charge is 2.38. The van der Waals surface area contributed by atoms with Crippen LogP contribution in [0.15, 0.2) is 12.5 Å². The molecule has 2 aromatic rings. The molecular formula is C13H15ClN6O. The van der Waals surface area contributed by atoms with E-state index in [2.05, 4.69) is 32.0 Å². The summed E-state index contributed by atoms with van der Waals surface area (Å²) in [5.74, 6) is 1.76. The van der Waals surface area contributed by atoms with Gasteiger partial charge in [-0.2, -0.15) is 4.98 Å². The monoisotopic (exact) mass is 306 g/mol. The van der Waals surface area contributed by atoms with Crippen molar-refractivity contribution in [3.05, 3.63) is 23.6 Å². The van der Waals surface area contributed by atoms with Crippen LogP contribution in [0.2, 0.25) is 5.28 Å². The molecule has 21 heavy (non-hydrogen) atoms. The Morgan fingerprint density at radius 2 is 2.38 bits per heavy atom. The molecule has 2 unspecified atom stereocenters. The fourth-order valence-corrected chi connectivity index (χ4v) is 3.31. The molecule has 2 aromatic heterocycles. The van der Waals surface area contributed by atoms with Crippen molar-refractivity contribution in [3.8, 4) is 5.69 Å². The summed E-state index contributed by atoms with van der Waals surface area (Å²) in [5.41, 5.74) is 0.871. The van der Waals surface area contributed by atoms with Gasteiger partial charge in [0.1, 0.15) is 12.0 Å². The van der Waals surface area contributed by atoms with E-state index >= 15 is 0 Å². The number of aromatic nitrogens is 5. The summed E-state index contributed by atoms with van der Waals surface area (Å²) in [6.45, 7) is 3.62. The number of anilines is 1. The van der Waals surface area contributed by atoms with E-state index in [1.165, 1.54) is 0 Å². The molecular weight excluding hydrogens is 292 g/mol. The Kier molecular flexibility index (Phi) is 3.04. The summed E-state index contributed by atoms with van der Waals surface area (Å²) < 4.78 is 7.51. The van der Waals surface area contributed by atoms with Gasteiger partial charge < -0.3 is 9.64 Å². The zero-order valence-electron chi connectivity index (χ0n) is 11.6. The summed E-state index contributed by atoms with van der Waals surface area (Å²) in [7, 11) is 0. The predicted octanol–water partition coefficient (Wildman–Crippen LogP) is 1.77. The van der Waals surface area contributed by atoms with Crippen LogP contribution in [0.4, 0.5) is 5.82 Å². The first-order valence-electron chi connectivity index (χ1n) is 7.08. The van der Waals surface area contributed by atoms with Crippen molar-refractivity contribution in [2.75, 3.05) is 18.1 Å². The molecule has 1 fully saturated rings. The standard InChI is InChI=1S/C13H15ClN6O/c1-2-9-12-18-16-7-19(12)10-5-15-13(14)17-11(10)20(9)8-3-4-21-6-8/h5,7-9H,2-4,6H2,1H3.